The topological polar surface area (TPSA) is 20.2 Å². The van der Waals surface area contributed by atoms with Crippen LogP contribution in [0.4, 0.5) is 0 Å². The molecule has 0 bridgehead atoms. The zero-order chi connectivity index (χ0) is 21.9. The largest absolute Gasteiger partial charge is 0.390 e. The van der Waals surface area contributed by atoms with E-state index in [1.54, 1.807) is 5.57 Å². The molecule has 0 radical (unpaired) electrons. The Labute approximate surface area is 187 Å². The van der Waals surface area contributed by atoms with Gasteiger partial charge in [0.25, 0.3) is 0 Å². The van der Waals surface area contributed by atoms with Gasteiger partial charge in [-0.1, -0.05) is 66.0 Å². The molecule has 30 heavy (non-hydrogen) atoms. The maximum absolute atomic E-state index is 10.7. The van der Waals surface area contributed by atoms with Crippen molar-refractivity contribution in [3.8, 4) is 0 Å². The predicted octanol–water partition coefficient (Wildman–Crippen LogP) is 8.17. The summed E-state index contributed by atoms with van der Waals surface area (Å²) in [4.78, 5) is 0. The molecular formula is C29H50O. The van der Waals surface area contributed by atoms with Crippen LogP contribution in [0.3, 0.4) is 0 Å². The second-order valence-electron chi connectivity index (χ2n) is 14.1. The summed E-state index contributed by atoms with van der Waals surface area (Å²) in [6.45, 7) is 17.1. The first-order valence-electron chi connectivity index (χ1n) is 13.3. The lowest BCUT2D eigenvalue weighted by molar-refractivity contribution is -0.0706. The lowest BCUT2D eigenvalue weighted by Crippen LogP contribution is -2.52. The third-order valence-corrected chi connectivity index (χ3v) is 10.7. The zero-order valence-corrected chi connectivity index (χ0v) is 21.2. The quantitative estimate of drug-likeness (QED) is 0.460. The van der Waals surface area contributed by atoms with Gasteiger partial charge in [0.05, 0.1) is 5.60 Å². The molecule has 0 aromatic rings. The van der Waals surface area contributed by atoms with Crippen molar-refractivity contribution in [1.29, 1.82) is 0 Å². The van der Waals surface area contributed by atoms with Crippen molar-refractivity contribution in [2.75, 3.05) is 0 Å². The number of allylic oxidation sites excluding steroid dienone is 1. The summed E-state index contributed by atoms with van der Waals surface area (Å²) in [5.41, 5.74) is 2.55. The van der Waals surface area contributed by atoms with Crippen molar-refractivity contribution < 1.29 is 5.11 Å². The minimum atomic E-state index is -0.470. The molecule has 0 aromatic carbocycles. The molecule has 1 N–H and O–H groups in total. The summed E-state index contributed by atoms with van der Waals surface area (Å²) in [5, 5.41) is 10.7. The molecule has 8 atom stereocenters. The Morgan fingerprint density at radius 2 is 1.77 bits per heavy atom. The normalized spacial score (nSPS) is 47.1. The molecule has 1 heteroatoms. The molecule has 3 saturated carbocycles. The van der Waals surface area contributed by atoms with Crippen molar-refractivity contribution in [2.45, 2.75) is 125 Å². The van der Waals surface area contributed by atoms with Gasteiger partial charge in [-0.3, -0.25) is 0 Å². The van der Waals surface area contributed by atoms with Crippen LogP contribution in [-0.4, -0.2) is 10.7 Å². The minimum absolute atomic E-state index is 0.364. The van der Waals surface area contributed by atoms with Gasteiger partial charge < -0.3 is 5.11 Å². The fourth-order valence-electron chi connectivity index (χ4n) is 8.94. The van der Waals surface area contributed by atoms with Crippen molar-refractivity contribution in [3.63, 3.8) is 0 Å². The summed E-state index contributed by atoms with van der Waals surface area (Å²) in [5.74, 6) is 4.51. The van der Waals surface area contributed by atoms with Gasteiger partial charge in [-0.05, 0) is 111 Å². The third-order valence-electron chi connectivity index (χ3n) is 10.7. The first kappa shape index (κ1) is 22.9. The van der Waals surface area contributed by atoms with Crippen LogP contribution in [-0.2, 0) is 0 Å². The molecule has 0 amide bonds. The van der Waals surface area contributed by atoms with Crippen LogP contribution in [0, 0.1) is 45.8 Å². The number of rotatable bonds is 4. The highest BCUT2D eigenvalue weighted by molar-refractivity contribution is 5.26. The lowest BCUT2D eigenvalue weighted by atomic mass is 9.46. The van der Waals surface area contributed by atoms with E-state index < -0.39 is 5.60 Å². The first-order valence-corrected chi connectivity index (χ1v) is 13.3. The van der Waals surface area contributed by atoms with Crippen LogP contribution in [0.2, 0.25) is 0 Å². The highest BCUT2D eigenvalue weighted by Crippen LogP contribution is 2.67. The van der Waals surface area contributed by atoms with Gasteiger partial charge in [-0.15, -0.1) is 0 Å². The monoisotopic (exact) mass is 414 g/mol. The van der Waals surface area contributed by atoms with Crippen molar-refractivity contribution >= 4 is 0 Å². The van der Waals surface area contributed by atoms with Gasteiger partial charge in [-0.25, -0.2) is 0 Å². The molecule has 0 saturated heterocycles. The summed E-state index contributed by atoms with van der Waals surface area (Å²) < 4.78 is 0. The summed E-state index contributed by atoms with van der Waals surface area (Å²) in [6.07, 6.45) is 17.0. The first-order chi connectivity index (χ1) is 13.9. The van der Waals surface area contributed by atoms with Crippen LogP contribution >= 0.6 is 0 Å². The summed E-state index contributed by atoms with van der Waals surface area (Å²) in [7, 11) is 0. The SMILES string of the molecule is C[C@H](CCCC(C)(C)C)C1CCC2[C@@H]3CC=C4C[C@@](C)(O)CCC4(C)C3CCC21C. The molecule has 0 heterocycles. The van der Waals surface area contributed by atoms with Crippen molar-refractivity contribution in [1.82, 2.24) is 0 Å². The van der Waals surface area contributed by atoms with Gasteiger partial charge in [0, 0.05) is 0 Å². The Bertz CT molecular complexity index is 666. The molecule has 4 aliphatic rings. The molecule has 1 nitrogen and oxygen atoms in total. The summed E-state index contributed by atoms with van der Waals surface area (Å²) >= 11 is 0. The Morgan fingerprint density at radius 3 is 2.47 bits per heavy atom. The Morgan fingerprint density at radius 1 is 1.03 bits per heavy atom. The smallest absolute Gasteiger partial charge is 0.0657 e. The van der Waals surface area contributed by atoms with Crippen molar-refractivity contribution in [2.24, 2.45) is 45.8 Å². The second-order valence-corrected chi connectivity index (χ2v) is 14.1. The Kier molecular flexibility index (Phi) is 5.82. The molecule has 4 rings (SSSR count). The van der Waals surface area contributed by atoms with E-state index in [1.807, 2.05) is 0 Å². The third kappa shape index (κ3) is 3.95. The fraction of sp³-hybridized carbons (Fsp3) is 0.931. The Hall–Kier alpha value is -0.300. The predicted molar refractivity (Wildman–Crippen MR) is 128 cm³/mol. The number of aliphatic hydroxyl groups is 1. The molecule has 0 aliphatic heterocycles. The van der Waals surface area contributed by atoms with Gasteiger partial charge in [0.15, 0.2) is 0 Å². The van der Waals surface area contributed by atoms with Crippen LogP contribution in [0.5, 0.6) is 0 Å². The van der Waals surface area contributed by atoms with E-state index in [1.165, 1.54) is 57.8 Å². The van der Waals surface area contributed by atoms with Crippen LogP contribution in [0.15, 0.2) is 11.6 Å². The maximum atomic E-state index is 10.7. The fourth-order valence-corrected chi connectivity index (χ4v) is 8.94. The molecule has 0 spiro atoms. The highest BCUT2D eigenvalue weighted by Gasteiger charge is 2.59. The number of hydrogen-bond donors (Lipinski definition) is 1. The van der Waals surface area contributed by atoms with Crippen LogP contribution in [0.1, 0.15) is 119 Å². The van der Waals surface area contributed by atoms with Crippen LogP contribution in [0.25, 0.3) is 0 Å². The van der Waals surface area contributed by atoms with Gasteiger partial charge in [0.2, 0.25) is 0 Å². The van der Waals surface area contributed by atoms with Gasteiger partial charge >= 0.3 is 0 Å². The van der Waals surface area contributed by atoms with E-state index in [2.05, 4.69) is 54.5 Å². The number of hydrogen-bond acceptors (Lipinski definition) is 1. The van der Waals surface area contributed by atoms with Gasteiger partial charge in [0.1, 0.15) is 0 Å². The van der Waals surface area contributed by atoms with E-state index in [0.717, 1.165) is 42.4 Å². The molecular weight excluding hydrogens is 364 g/mol. The van der Waals surface area contributed by atoms with E-state index >= 15 is 0 Å². The van der Waals surface area contributed by atoms with E-state index in [-0.39, 0.29) is 0 Å². The highest BCUT2D eigenvalue weighted by atomic mass is 16.3. The van der Waals surface area contributed by atoms with Crippen LogP contribution < -0.4 is 0 Å². The van der Waals surface area contributed by atoms with Gasteiger partial charge in [-0.2, -0.15) is 0 Å². The molecule has 0 aromatic heterocycles. The molecule has 172 valence electrons. The summed E-state index contributed by atoms with van der Waals surface area (Å²) in [6, 6.07) is 0. The zero-order valence-electron chi connectivity index (χ0n) is 21.2. The minimum Gasteiger partial charge on any atom is -0.390 e. The van der Waals surface area contributed by atoms with E-state index in [4.69, 9.17) is 0 Å². The maximum Gasteiger partial charge on any atom is 0.0657 e. The molecule has 4 aliphatic carbocycles. The molecule has 3 fully saturated rings. The standard InChI is InChI=1S/C29H50O/c1-20(9-8-15-26(2,3)4)23-12-13-24-22-11-10-21-19-27(5,30)17-18-28(21,6)25(22)14-16-29(23,24)7/h10,20,22-25,30H,8-9,11-19H2,1-7H3/t20-,22+,23?,24?,25?,27+,28?,29?/m1/s1. The van der Waals surface area contributed by atoms with E-state index in [9.17, 15) is 5.11 Å². The molecule has 5 unspecified atom stereocenters. The van der Waals surface area contributed by atoms with Crippen molar-refractivity contribution in [3.05, 3.63) is 11.6 Å². The van der Waals surface area contributed by atoms with E-state index in [0.29, 0.717) is 16.2 Å². The average molecular weight is 415 g/mol. The average Bonchev–Trinajstić information content (AvgIpc) is 2.98. The Balaban J connectivity index is 1.48. The number of fused-ring (bicyclic) bond motifs is 5. The second kappa shape index (κ2) is 7.64. The lowest BCUT2D eigenvalue weighted by Gasteiger charge is -2.59.